The quantitative estimate of drug-likeness (QED) is 0.604. The molecule has 0 bridgehead atoms. The van der Waals surface area contributed by atoms with Crippen LogP contribution in [0.2, 0.25) is 0 Å². The average Bonchev–Trinajstić information content (AvgIpc) is 2.45. The number of rotatable bonds is 5. The Morgan fingerprint density at radius 3 is 2.58 bits per heavy atom. The number of ether oxygens (including phenoxy) is 1. The predicted molar refractivity (Wildman–Crippen MR) is 76.6 cm³/mol. The third-order valence-electron chi connectivity index (χ3n) is 2.86. The van der Waals surface area contributed by atoms with E-state index in [0.717, 1.165) is 11.3 Å². The molecule has 0 heterocycles. The molecule has 0 amide bonds. The van der Waals surface area contributed by atoms with Crippen LogP contribution >= 0.6 is 0 Å². The molecule has 0 saturated heterocycles. The standard InChI is InChI=1S/C16H17NO2/c1-13-7-3-4-9-15(13)12-19-16-10-6-5-8-14(16)11-17-18-2/h3-11H,12H2,1-2H3/b17-11+. The van der Waals surface area contributed by atoms with Gasteiger partial charge in [0.25, 0.3) is 0 Å². The van der Waals surface area contributed by atoms with Crippen LogP contribution in [-0.2, 0) is 11.4 Å². The molecule has 0 radical (unpaired) electrons. The van der Waals surface area contributed by atoms with Gasteiger partial charge in [0.1, 0.15) is 19.5 Å². The Hall–Kier alpha value is -2.29. The molecule has 0 aliphatic rings. The summed E-state index contributed by atoms with van der Waals surface area (Å²) in [7, 11) is 1.52. The molecule has 0 N–H and O–H groups in total. The Labute approximate surface area is 113 Å². The fourth-order valence-electron chi connectivity index (χ4n) is 1.76. The zero-order valence-corrected chi connectivity index (χ0v) is 11.2. The first-order valence-electron chi connectivity index (χ1n) is 6.14. The van der Waals surface area contributed by atoms with Crippen molar-refractivity contribution in [1.29, 1.82) is 0 Å². The van der Waals surface area contributed by atoms with Crippen molar-refractivity contribution in [3.8, 4) is 5.75 Å². The largest absolute Gasteiger partial charge is 0.488 e. The van der Waals surface area contributed by atoms with Crippen molar-refractivity contribution in [1.82, 2.24) is 0 Å². The zero-order chi connectivity index (χ0) is 13.5. The summed E-state index contributed by atoms with van der Waals surface area (Å²) in [4.78, 5) is 4.70. The van der Waals surface area contributed by atoms with Gasteiger partial charge in [-0.2, -0.15) is 0 Å². The summed E-state index contributed by atoms with van der Waals surface area (Å²) in [5.41, 5.74) is 3.31. The fraction of sp³-hybridized carbons (Fsp3) is 0.188. The van der Waals surface area contributed by atoms with Crippen molar-refractivity contribution in [3.63, 3.8) is 0 Å². The van der Waals surface area contributed by atoms with Crippen LogP contribution < -0.4 is 4.74 Å². The highest BCUT2D eigenvalue weighted by Crippen LogP contribution is 2.18. The zero-order valence-electron chi connectivity index (χ0n) is 11.2. The van der Waals surface area contributed by atoms with Crippen LogP contribution in [0.25, 0.3) is 0 Å². The maximum atomic E-state index is 5.85. The number of nitrogens with zero attached hydrogens (tertiary/aromatic N) is 1. The van der Waals surface area contributed by atoms with Gasteiger partial charge < -0.3 is 9.57 Å². The minimum atomic E-state index is 0.546. The van der Waals surface area contributed by atoms with Crippen LogP contribution in [0.1, 0.15) is 16.7 Å². The van der Waals surface area contributed by atoms with E-state index in [1.54, 1.807) is 6.21 Å². The summed E-state index contributed by atoms with van der Waals surface area (Å²) in [5, 5.41) is 3.77. The third-order valence-corrected chi connectivity index (χ3v) is 2.86. The highest BCUT2D eigenvalue weighted by atomic mass is 16.6. The predicted octanol–water partition coefficient (Wildman–Crippen LogP) is 3.55. The normalized spacial score (nSPS) is 10.6. The fourth-order valence-corrected chi connectivity index (χ4v) is 1.76. The van der Waals surface area contributed by atoms with Gasteiger partial charge >= 0.3 is 0 Å². The Morgan fingerprint density at radius 2 is 1.79 bits per heavy atom. The molecule has 0 aliphatic heterocycles. The Morgan fingerprint density at radius 1 is 1.05 bits per heavy atom. The molecular formula is C16H17NO2. The highest BCUT2D eigenvalue weighted by Gasteiger charge is 2.02. The third kappa shape index (κ3) is 3.58. The van der Waals surface area contributed by atoms with Gasteiger partial charge in [0, 0.05) is 5.56 Å². The van der Waals surface area contributed by atoms with Crippen LogP contribution in [0.15, 0.2) is 53.7 Å². The van der Waals surface area contributed by atoms with E-state index in [1.165, 1.54) is 18.2 Å². The molecule has 3 heteroatoms. The van der Waals surface area contributed by atoms with Crippen LogP contribution in [0, 0.1) is 6.92 Å². The SMILES string of the molecule is CO/N=C/c1ccccc1OCc1ccccc1C. The molecule has 3 nitrogen and oxygen atoms in total. The molecule has 0 aliphatic carbocycles. The molecule has 0 fully saturated rings. The lowest BCUT2D eigenvalue weighted by atomic mass is 10.1. The Bertz CT molecular complexity index is 564. The van der Waals surface area contributed by atoms with Gasteiger partial charge in [0.15, 0.2) is 0 Å². The lowest BCUT2D eigenvalue weighted by Gasteiger charge is -2.10. The van der Waals surface area contributed by atoms with Crippen molar-refractivity contribution in [2.75, 3.05) is 7.11 Å². The molecule has 98 valence electrons. The molecule has 0 aromatic heterocycles. The van der Waals surface area contributed by atoms with E-state index in [1.807, 2.05) is 36.4 Å². The molecule has 0 unspecified atom stereocenters. The number of aryl methyl sites for hydroxylation is 1. The van der Waals surface area contributed by atoms with Gasteiger partial charge in [-0.3, -0.25) is 0 Å². The second kappa shape index (κ2) is 6.59. The van der Waals surface area contributed by atoms with Gasteiger partial charge in [-0.1, -0.05) is 41.6 Å². The molecule has 19 heavy (non-hydrogen) atoms. The van der Waals surface area contributed by atoms with E-state index < -0.39 is 0 Å². The minimum absolute atomic E-state index is 0.546. The van der Waals surface area contributed by atoms with Gasteiger partial charge in [-0.05, 0) is 30.2 Å². The average molecular weight is 255 g/mol. The first kappa shape index (κ1) is 13.1. The topological polar surface area (TPSA) is 30.8 Å². The Kier molecular flexibility index (Phi) is 4.56. The van der Waals surface area contributed by atoms with Crippen LogP contribution in [0.3, 0.4) is 0 Å². The summed E-state index contributed by atoms with van der Waals surface area (Å²) in [6.07, 6.45) is 1.65. The summed E-state index contributed by atoms with van der Waals surface area (Å²) in [6, 6.07) is 15.9. The van der Waals surface area contributed by atoms with E-state index in [-0.39, 0.29) is 0 Å². The van der Waals surface area contributed by atoms with E-state index in [2.05, 4.69) is 24.2 Å². The lowest BCUT2D eigenvalue weighted by molar-refractivity contribution is 0.215. The lowest BCUT2D eigenvalue weighted by Crippen LogP contribution is -2.00. The number of hydrogen-bond acceptors (Lipinski definition) is 3. The number of para-hydroxylation sites is 1. The number of hydrogen-bond donors (Lipinski definition) is 0. The van der Waals surface area contributed by atoms with Crippen molar-refractivity contribution < 1.29 is 9.57 Å². The first-order valence-corrected chi connectivity index (χ1v) is 6.14. The minimum Gasteiger partial charge on any atom is -0.488 e. The number of benzene rings is 2. The van der Waals surface area contributed by atoms with E-state index in [0.29, 0.717) is 6.61 Å². The summed E-state index contributed by atoms with van der Waals surface area (Å²) in [5.74, 6) is 0.798. The molecule has 2 aromatic rings. The van der Waals surface area contributed by atoms with Crippen molar-refractivity contribution in [3.05, 3.63) is 65.2 Å². The van der Waals surface area contributed by atoms with Gasteiger partial charge in [-0.25, -0.2) is 0 Å². The Balaban J connectivity index is 2.11. The summed E-state index contributed by atoms with van der Waals surface area (Å²) >= 11 is 0. The molecule has 0 spiro atoms. The van der Waals surface area contributed by atoms with Gasteiger partial charge in [0.2, 0.25) is 0 Å². The van der Waals surface area contributed by atoms with Crippen LogP contribution in [-0.4, -0.2) is 13.3 Å². The molecule has 0 saturated carbocycles. The molecular weight excluding hydrogens is 238 g/mol. The molecule has 2 rings (SSSR count). The van der Waals surface area contributed by atoms with Gasteiger partial charge in [0.05, 0.1) is 6.21 Å². The monoisotopic (exact) mass is 255 g/mol. The second-order valence-electron chi connectivity index (χ2n) is 4.17. The summed E-state index contributed by atoms with van der Waals surface area (Å²) < 4.78 is 5.85. The van der Waals surface area contributed by atoms with Gasteiger partial charge in [-0.15, -0.1) is 0 Å². The second-order valence-corrected chi connectivity index (χ2v) is 4.17. The van der Waals surface area contributed by atoms with Crippen molar-refractivity contribution in [2.45, 2.75) is 13.5 Å². The summed E-state index contributed by atoms with van der Waals surface area (Å²) in [6.45, 7) is 2.63. The van der Waals surface area contributed by atoms with E-state index >= 15 is 0 Å². The van der Waals surface area contributed by atoms with E-state index in [4.69, 9.17) is 9.57 Å². The molecule has 0 atom stereocenters. The maximum absolute atomic E-state index is 5.85. The van der Waals surface area contributed by atoms with Crippen LogP contribution in [0.4, 0.5) is 0 Å². The van der Waals surface area contributed by atoms with Crippen LogP contribution in [0.5, 0.6) is 5.75 Å². The smallest absolute Gasteiger partial charge is 0.128 e. The maximum Gasteiger partial charge on any atom is 0.128 e. The first-order chi connectivity index (χ1) is 9.31. The van der Waals surface area contributed by atoms with E-state index in [9.17, 15) is 0 Å². The molecule has 2 aromatic carbocycles. The van der Waals surface area contributed by atoms with Crippen molar-refractivity contribution >= 4 is 6.21 Å². The highest BCUT2D eigenvalue weighted by molar-refractivity contribution is 5.83. The van der Waals surface area contributed by atoms with Crippen molar-refractivity contribution in [2.24, 2.45) is 5.16 Å². The number of oxime groups is 1.